The Hall–Kier alpha value is -1.79. The van der Waals surface area contributed by atoms with Gasteiger partial charge in [-0.05, 0) is 33.6 Å². The van der Waals surface area contributed by atoms with E-state index in [2.05, 4.69) is 5.32 Å². The summed E-state index contributed by atoms with van der Waals surface area (Å²) < 4.78 is 5.05. The van der Waals surface area contributed by atoms with Gasteiger partial charge in [-0.2, -0.15) is 0 Å². The molecule has 0 aromatic rings. The van der Waals surface area contributed by atoms with E-state index in [9.17, 15) is 19.5 Å². The average molecular weight is 316 g/mol. The molecule has 0 rings (SSSR count). The Morgan fingerprint density at radius 3 is 2.00 bits per heavy atom. The van der Waals surface area contributed by atoms with Crippen LogP contribution in [0, 0.1) is 5.92 Å². The first-order valence-corrected chi connectivity index (χ1v) is 7.34. The molecule has 22 heavy (non-hydrogen) atoms. The smallest absolute Gasteiger partial charge is 0.408 e. The van der Waals surface area contributed by atoms with Gasteiger partial charge in [0, 0.05) is 13.0 Å². The molecule has 0 saturated heterocycles. The van der Waals surface area contributed by atoms with Gasteiger partial charge in [-0.1, -0.05) is 13.8 Å². The summed E-state index contributed by atoms with van der Waals surface area (Å²) in [7, 11) is 0. The molecule has 0 aromatic heterocycles. The van der Waals surface area contributed by atoms with Crippen LogP contribution in [-0.4, -0.2) is 52.2 Å². The van der Waals surface area contributed by atoms with E-state index >= 15 is 0 Å². The second-order valence-corrected chi connectivity index (χ2v) is 6.69. The van der Waals surface area contributed by atoms with Gasteiger partial charge in [0.15, 0.2) is 0 Å². The highest BCUT2D eigenvalue weighted by molar-refractivity contribution is 5.81. The maximum atomic E-state index is 11.8. The van der Waals surface area contributed by atoms with Gasteiger partial charge in [0.25, 0.3) is 0 Å². The highest BCUT2D eigenvalue weighted by Gasteiger charge is 2.29. The molecular formula is C15H28N2O5. The van der Waals surface area contributed by atoms with Gasteiger partial charge in [-0.3, -0.25) is 4.79 Å². The number of alkyl carbamates (subject to hydrolysis) is 1. The summed E-state index contributed by atoms with van der Waals surface area (Å²) in [5, 5.41) is 11.6. The number of carbonyl (C=O) groups is 3. The van der Waals surface area contributed by atoms with E-state index in [1.807, 2.05) is 20.8 Å². The number of hydrogen-bond acceptors (Lipinski definition) is 4. The predicted octanol–water partition coefficient (Wildman–Crippen LogP) is 1.86. The highest BCUT2D eigenvalue weighted by Crippen LogP contribution is 2.12. The van der Waals surface area contributed by atoms with Crippen molar-refractivity contribution in [2.75, 3.05) is 6.54 Å². The molecule has 7 heteroatoms. The first-order chi connectivity index (χ1) is 9.85. The number of nitrogens with one attached hydrogen (secondary N) is 1. The second kappa shape index (κ2) is 8.00. The summed E-state index contributed by atoms with van der Waals surface area (Å²) >= 11 is 0. The Morgan fingerprint density at radius 1 is 1.18 bits per heavy atom. The van der Waals surface area contributed by atoms with Gasteiger partial charge in [0.05, 0.1) is 6.54 Å². The number of amides is 2. The minimum Gasteiger partial charge on any atom is -0.480 e. The van der Waals surface area contributed by atoms with Crippen LogP contribution in [0.4, 0.5) is 4.79 Å². The van der Waals surface area contributed by atoms with Crippen LogP contribution in [0.2, 0.25) is 0 Å². The summed E-state index contributed by atoms with van der Waals surface area (Å²) in [5.41, 5.74) is -0.724. The van der Waals surface area contributed by atoms with E-state index in [1.165, 1.54) is 11.8 Å². The summed E-state index contributed by atoms with van der Waals surface area (Å²) in [5.74, 6) is -1.29. The van der Waals surface area contributed by atoms with Crippen LogP contribution in [0.5, 0.6) is 0 Å². The Kier molecular flexibility index (Phi) is 7.35. The quantitative estimate of drug-likeness (QED) is 0.779. The van der Waals surface area contributed by atoms with Crippen molar-refractivity contribution in [1.29, 1.82) is 0 Å². The van der Waals surface area contributed by atoms with Gasteiger partial charge < -0.3 is 20.1 Å². The minimum atomic E-state index is -1.22. The zero-order valence-corrected chi connectivity index (χ0v) is 14.5. The number of carbonyl (C=O) groups excluding carboxylic acids is 2. The Balaban J connectivity index is 4.99. The molecule has 7 nitrogen and oxygen atoms in total. The van der Waals surface area contributed by atoms with E-state index in [0.717, 1.165) is 0 Å². The molecule has 0 heterocycles. The van der Waals surface area contributed by atoms with Crippen LogP contribution in [0.1, 0.15) is 48.5 Å². The first kappa shape index (κ1) is 20.2. The van der Waals surface area contributed by atoms with Gasteiger partial charge in [-0.25, -0.2) is 9.59 Å². The van der Waals surface area contributed by atoms with Crippen molar-refractivity contribution in [3.05, 3.63) is 0 Å². The molecule has 0 saturated carbocycles. The average Bonchev–Trinajstić information content (AvgIpc) is 2.30. The predicted molar refractivity (Wildman–Crippen MR) is 82.5 cm³/mol. The summed E-state index contributed by atoms with van der Waals surface area (Å²) in [4.78, 5) is 36.3. The maximum absolute atomic E-state index is 11.8. The number of ether oxygens (including phenoxy) is 1. The zero-order valence-electron chi connectivity index (χ0n) is 14.5. The molecule has 0 aromatic carbocycles. The molecule has 0 aliphatic rings. The van der Waals surface area contributed by atoms with E-state index in [-0.39, 0.29) is 24.4 Å². The van der Waals surface area contributed by atoms with Gasteiger partial charge in [0.2, 0.25) is 5.91 Å². The SMILES string of the molecule is CC(=O)N(CC(NC(=O)OC(C)(C)C)C(=O)O)C(C)C(C)C. The fourth-order valence-electron chi connectivity index (χ4n) is 1.77. The Labute approximate surface area is 132 Å². The van der Waals surface area contributed by atoms with Crippen molar-refractivity contribution < 1.29 is 24.2 Å². The van der Waals surface area contributed by atoms with Crippen molar-refractivity contribution in [2.24, 2.45) is 5.92 Å². The summed E-state index contributed by atoms with van der Waals surface area (Å²) in [6.45, 7) is 12.1. The molecule has 128 valence electrons. The van der Waals surface area contributed by atoms with Crippen molar-refractivity contribution in [2.45, 2.75) is 66.2 Å². The minimum absolute atomic E-state index is 0.108. The molecule has 2 N–H and O–H groups in total. The van der Waals surface area contributed by atoms with Crippen LogP contribution in [0.3, 0.4) is 0 Å². The molecule has 0 fully saturated rings. The van der Waals surface area contributed by atoms with Crippen LogP contribution in [-0.2, 0) is 14.3 Å². The van der Waals surface area contributed by atoms with Gasteiger partial charge in [0.1, 0.15) is 11.6 Å². The van der Waals surface area contributed by atoms with E-state index in [0.29, 0.717) is 0 Å². The lowest BCUT2D eigenvalue weighted by molar-refractivity contribution is -0.141. The van der Waals surface area contributed by atoms with Crippen molar-refractivity contribution in [3.8, 4) is 0 Å². The van der Waals surface area contributed by atoms with Crippen molar-refractivity contribution in [1.82, 2.24) is 10.2 Å². The largest absolute Gasteiger partial charge is 0.480 e. The Bertz CT molecular complexity index is 415. The van der Waals surface area contributed by atoms with Crippen molar-refractivity contribution in [3.63, 3.8) is 0 Å². The molecule has 2 atom stereocenters. The molecule has 0 aliphatic heterocycles. The summed E-state index contributed by atoms with van der Waals surface area (Å²) in [6, 6.07) is -1.36. The van der Waals surface area contributed by atoms with E-state index in [4.69, 9.17) is 4.74 Å². The zero-order chi connectivity index (χ0) is 17.7. The third-order valence-corrected chi connectivity index (χ3v) is 3.23. The van der Waals surface area contributed by atoms with Gasteiger partial charge >= 0.3 is 12.1 Å². The lowest BCUT2D eigenvalue weighted by atomic mass is 10.0. The second-order valence-electron chi connectivity index (χ2n) is 6.69. The monoisotopic (exact) mass is 316 g/mol. The molecule has 0 aliphatic carbocycles. The molecular weight excluding hydrogens is 288 g/mol. The maximum Gasteiger partial charge on any atom is 0.408 e. The topological polar surface area (TPSA) is 95.9 Å². The first-order valence-electron chi connectivity index (χ1n) is 7.34. The van der Waals surface area contributed by atoms with Crippen LogP contribution >= 0.6 is 0 Å². The molecule has 2 amide bonds. The number of carboxylic acid groups (broad SMARTS) is 1. The Morgan fingerprint density at radius 2 is 1.68 bits per heavy atom. The van der Waals surface area contributed by atoms with E-state index < -0.39 is 23.7 Å². The van der Waals surface area contributed by atoms with Crippen LogP contribution < -0.4 is 5.32 Å². The fourth-order valence-corrected chi connectivity index (χ4v) is 1.77. The molecule has 0 radical (unpaired) electrons. The third kappa shape index (κ3) is 7.28. The van der Waals surface area contributed by atoms with Crippen LogP contribution in [0.25, 0.3) is 0 Å². The number of hydrogen-bond donors (Lipinski definition) is 2. The van der Waals surface area contributed by atoms with Crippen molar-refractivity contribution >= 4 is 18.0 Å². The highest BCUT2D eigenvalue weighted by atomic mass is 16.6. The standard InChI is InChI=1S/C15H28N2O5/c1-9(2)10(3)17(11(4)18)8-12(13(19)20)16-14(21)22-15(5,6)7/h9-10,12H,8H2,1-7H3,(H,16,21)(H,19,20). The number of nitrogens with zero attached hydrogens (tertiary/aromatic N) is 1. The lowest BCUT2D eigenvalue weighted by Gasteiger charge is -2.33. The molecule has 0 bridgehead atoms. The normalized spacial score (nSPS) is 14.2. The number of rotatable bonds is 6. The van der Waals surface area contributed by atoms with Gasteiger partial charge in [-0.15, -0.1) is 0 Å². The van der Waals surface area contributed by atoms with Crippen LogP contribution in [0.15, 0.2) is 0 Å². The summed E-state index contributed by atoms with van der Waals surface area (Å²) in [6.07, 6.45) is -0.819. The fraction of sp³-hybridized carbons (Fsp3) is 0.800. The molecule has 2 unspecified atom stereocenters. The third-order valence-electron chi connectivity index (χ3n) is 3.23. The molecule has 0 spiro atoms. The lowest BCUT2D eigenvalue weighted by Crippen LogP contribution is -2.53. The number of aliphatic carboxylic acids is 1. The number of carboxylic acids is 1. The van der Waals surface area contributed by atoms with E-state index in [1.54, 1.807) is 20.8 Å².